The fourth-order valence-electron chi connectivity index (χ4n) is 0.410. The highest BCUT2D eigenvalue weighted by atomic mass is 19.1. The lowest BCUT2D eigenvalue weighted by atomic mass is 10.2. The van der Waals surface area contributed by atoms with Gasteiger partial charge in [0.15, 0.2) is 0 Å². The zero-order valence-electron chi connectivity index (χ0n) is 5.60. The molecule has 0 aromatic carbocycles. The molecule has 0 fully saturated rings. The van der Waals surface area contributed by atoms with Gasteiger partial charge in [-0.15, -0.1) is 0 Å². The fraction of sp³-hybridized carbons (Fsp3) is 0.250. The van der Waals surface area contributed by atoms with Crippen molar-refractivity contribution in [1.82, 2.24) is 0 Å². The minimum Gasteiger partial charge on any atom is -0.247 e. The molecular weight excluding hydrogens is 115 g/mol. The van der Waals surface area contributed by atoms with Gasteiger partial charge in [-0.3, -0.25) is 0 Å². The number of allylic oxidation sites excluding steroid dienone is 5. The van der Waals surface area contributed by atoms with Gasteiger partial charge < -0.3 is 0 Å². The number of hydrogen-bond acceptors (Lipinski definition) is 0. The first kappa shape index (κ1) is 8.15. The van der Waals surface area contributed by atoms with Crippen LogP contribution in [0.4, 0.5) is 4.39 Å². The Morgan fingerprint density at radius 1 is 1.67 bits per heavy atom. The summed E-state index contributed by atoms with van der Waals surface area (Å²) in [5.74, 6) is 0. The molecule has 0 aliphatic heterocycles. The van der Waals surface area contributed by atoms with Crippen molar-refractivity contribution in [2.45, 2.75) is 6.92 Å². The highest BCUT2D eigenvalue weighted by molar-refractivity contribution is 5.18. The van der Waals surface area contributed by atoms with E-state index in [1.54, 1.807) is 12.2 Å². The molecule has 0 atom stereocenters. The normalized spacial score (nSPS) is 12.4. The first-order chi connectivity index (χ1) is 4.31. The van der Waals surface area contributed by atoms with Crippen molar-refractivity contribution in [1.29, 1.82) is 0 Å². The molecule has 9 heavy (non-hydrogen) atoms. The summed E-state index contributed by atoms with van der Waals surface area (Å²) in [7, 11) is 0. The van der Waals surface area contributed by atoms with Crippen LogP contribution in [0.25, 0.3) is 0 Å². The van der Waals surface area contributed by atoms with Gasteiger partial charge in [0.1, 0.15) is 6.67 Å². The van der Waals surface area contributed by atoms with E-state index in [4.69, 9.17) is 0 Å². The van der Waals surface area contributed by atoms with Crippen molar-refractivity contribution in [2.75, 3.05) is 6.67 Å². The topological polar surface area (TPSA) is 0 Å². The minimum atomic E-state index is -0.396. The summed E-state index contributed by atoms with van der Waals surface area (Å²) in [5, 5.41) is 0. The number of rotatable bonds is 3. The Labute approximate surface area is 55.4 Å². The van der Waals surface area contributed by atoms with Gasteiger partial charge in [0.05, 0.1) is 0 Å². The summed E-state index contributed by atoms with van der Waals surface area (Å²) in [6.45, 7) is 4.94. The first-order valence-electron chi connectivity index (χ1n) is 2.83. The van der Waals surface area contributed by atoms with Crippen molar-refractivity contribution >= 4 is 0 Å². The Morgan fingerprint density at radius 2 is 2.33 bits per heavy atom. The van der Waals surface area contributed by atoms with Gasteiger partial charge in [0.2, 0.25) is 0 Å². The largest absolute Gasteiger partial charge is 0.247 e. The van der Waals surface area contributed by atoms with Crippen LogP contribution in [0, 0.1) is 0 Å². The van der Waals surface area contributed by atoms with Crippen molar-refractivity contribution < 1.29 is 4.39 Å². The van der Waals surface area contributed by atoms with E-state index in [9.17, 15) is 4.39 Å². The highest BCUT2D eigenvalue weighted by Crippen LogP contribution is 1.93. The molecule has 0 nitrogen and oxygen atoms in total. The molecular formula is C8H11F. The standard InChI is InChI=1S/C8H11F/c1-3-4-5-8(2)6-7-9/h3-6H,1,7H2,2H3/b5-4-,8-6-. The van der Waals surface area contributed by atoms with Gasteiger partial charge >= 0.3 is 0 Å². The Bertz CT molecular complexity index is 132. The van der Waals surface area contributed by atoms with Crippen LogP contribution in [0.5, 0.6) is 0 Å². The fourth-order valence-corrected chi connectivity index (χ4v) is 0.410. The van der Waals surface area contributed by atoms with Crippen molar-refractivity contribution in [3.05, 3.63) is 36.5 Å². The second-order valence-corrected chi connectivity index (χ2v) is 1.70. The van der Waals surface area contributed by atoms with Crippen molar-refractivity contribution in [2.24, 2.45) is 0 Å². The van der Waals surface area contributed by atoms with Gasteiger partial charge in [0, 0.05) is 0 Å². The summed E-state index contributed by atoms with van der Waals surface area (Å²) >= 11 is 0. The molecule has 0 unspecified atom stereocenters. The smallest absolute Gasteiger partial charge is 0.108 e. The van der Waals surface area contributed by atoms with E-state index in [1.807, 2.05) is 13.0 Å². The van der Waals surface area contributed by atoms with E-state index in [0.717, 1.165) is 5.57 Å². The maximum Gasteiger partial charge on any atom is 0.108 e. The summed E-state index contributed by atoms with van der Waals surface area (Å²) in [6.07, 6.45) is 6.77. The third kappa shape index (κ3) is 5.01. The van der Waals surface area contributed by atoms with Crippen LogP contribution in [0.1, 0.15) is 6.92 Å². The minimum absolute atomic E-state index is 0.396. The molecule has 0 heterocycles. The van der Waals surface area contributed by atoms with Crippen LogP contribution in [0.2, 0.25) is 0 Å². The van der Waals surface area contributed by atoms with Crippen LogP contribution < -0.4 is 0 Å². The molecule has 1 heteroatoms. The molecule has 0 aliphatic rings. The van der Waals surface area contributed by atoms with E-state index in [-0.39, 0.29) is 0 Å². The Balaban J connectivity index is 3.74. The van der Waals surface area contributed by atoms with Gasteiger partial charge in [-0.2, -0.15) is 0 Å². The molecule has 0 saturated carbocycles. The summed E-state index contributed by atoms with van der Waals surface area (Å²) in [6, 6.07) is 0. The SMILES string of the molecule is C=C/C=C\C(C)=C/CF. The molecule has 0 amide bonds. The lowest BCUT2D eigenvalue weighted by Gasteiger charge is -1.84. The quantitative estimate of drug-likeness (QED) is 0.510. The van der Waals surface area contributed by atoms with Crippen LogP contribution in [0.3, 0.4) is 0 Å². The molecule has 0 radical (unpaired) electrons. The van der Waals surface area contributed by atoms with Crippen LogP contribution in [-0.2, 0) is 0 Å². The van der Waals surface area contributed by atoms with E-state index in [2.05, 4.69) is 6.58 Å². The molecule has 0 aromatic heterocycles. The number of halogens is 1. The van der Waals surface area contributed by atoms with Gasteiger partial charge in [-0.1, -0.05) is 36.5 Å². The predicted molar refractivity (Wildman–Crippen MR) is 39.1 cm³/mol. The monoisotopic (exact) mass is 126 g/mol. The second kappa shape index (κ2) is 5.29. The Morgan fingerprint density at radius 3 is 2.78 bits per heavy atom. The maximum absolute atomic E-state index is 11.5. The lowest BCUT2D eigenvalue weighted by molar-refractivity contribution is 0.560. The molecule has 0 saturated heterocycles. The number of hydrogen-bond donors (Lipinski definition) is 0. The summed E-state index contributed by atoms with van der Waals surface area (Å²) in [5.41, 5.74) is 0.928. The molecule has 50 valence electrons. The summed E-state index contributed by atoms with van der Waals surface area (Å²) in [4.78, 5) is 0. The molecule has 0 aliphatic carbocycles. The average Bonchev–Trinajstić information content (AvgIpc) is 1.85. The van der Waals surface area contributed by atoms with Gasteiger partial charge in [-0.05, 0) is 6.92 Å². The van der Waals surface area contributed by atoms with Crippen molar-refractivity contribution in [3.63, 3.8) is 0 Å². The van der Waals surface area contributed by atoms with E-state index in [1.165, 1.54) is 6.08 Å². The third-order valence-electron chi connectivity index (χ3n) is 0.894. The van der Waals surface area contributed by atoms with Crippen LogP contribution >= 0.6 is 0 Å². The lowest BCUT2D eigenvalue weighted by Crippen LogP contribution is -1.68. The third-order valence-corrected chi connectivity index (χ3v) is 0.894. The maximum atomic E-state index is 11.5. The molecule has 0 spiro atoms. The Hall–Kier alpha value is -0.850. The van der Waals surface area contributed by atoms with Gasteiger partial charge in [-0.25, -0.2) is 4.39 Å². The van der Waals surface area contributed by atoms with E-state index >= 15 is 0 Å². The van der Waals surface area contributed by atoms with E-state index < -0.39 is 6.67 Å². The first-order valence-corrected chi connectivity index (χ1v) is 2.83. The molecule has 0 aromatic rings. The average molecular weight is 126 g/mol. The van der Waals surface area contributed by atoms with E-state index in [0.29, 0.717) is 0 Å². The highest BCUT2D eigenvalue weighted by Gasteiger charge is 1.76. The molecule has 0 bridgehead atoms. The predicted octanol–water partition coefficient (Wildman–Crippen LogP) is 2.64. The number of alkyl halides is 1. The second-order valence-electron chi connectivity index (χ2n) is 1.70. The zero-order valence-corrected chi connectivity index (χ0v) is 5.60. The Kier molecular flexibility index (Phi) is 4.79. The van der Waals surface area contributed by atoms with Crippen molar-refractivity contribution in [3.8, 4) is 0 Å². The van der Waals surface area contributed by atoms with Crippen LogP contribution in [-0.4, -0.2) is 6.67 Å². The molecule has 0 rings (SSSR count). The molecule has 0 N–H and O–H groups in total. The van der Waals surface area contributed by atoms with Gasteiger partial charge in [0.25, 0.3) is 0 Å². The zero-order chi connectivity index (χ0) is 7.11. The summed E-state index contributed by atoms with van der Waals surface area (Å²) < 4.78 is 11.5. The van der Waals surface area contributed by atoms with Crippen LogP contribution in [0.15, 0.2) is 36.5 Å².